The lowest BCUT2D eigenvalue weighted by atomic mass is 10.1. The largest absolute Gasteiger partial charge is 0.467 e. The summed E-state index contributed by atoms with van der Waals surface area (Å²) in [6.45, 7) is 3.07. The van der Waals surface area contributed by atoms with E-state index in [-0.39, 0.29) is 17.9 Å². The van der Waals surface area contributed by atoms with Crippen LogP contribution in [-0.4, -0.2) is 78.9 Å². The summed E-state index contributed by atoms with van der Waals surface area (Å²) in [5.74, 6) is 0.478. The van der Waals surface area contributed by atoms with Gasteiger partial charge in [-0.3, -0.25) is 4.79 Å². The SMILES string of the molecule is COc1nc(OC)nc(N2CCOC(C(=O)N3CCCCC3)C2)n1. The predicted molar refractivity (Wildman–Crippen MR) is 85.3 cm³/mol. The van der Waals surface area contributed by atoms with Crippen LogP contribution in [0.15, 0.2) is 0 Å². The first-order valence-electron chi connectivity index (χ1n) is 8.20. The number of hydrogen-bond acceptors (Lipinski definition) is 8. The molecule has 2 aliphatic rings. The van der Waals surface area contributed by atoms with E-state index >= 15 is 0 Å². The lowest BCUT2D eigenvalue weighted by molar-refractivity contribution is -0.145. The molecule has 0 N–H and O–H groups in total. The van der Waals surface area contributed by atoms with Gasteiger partial charge in [0.15, 0.2) is 6.10 Å². The van der Waals surface area contributed by atoms with E-state index in [1.165, 1.54) is 20.6 Å². The quantitative estimate of drug-likeness (QED) is 0.764. The minimum absolute atomic E-state index is 0.0485. The summed E-state index contributed by atoms with van der Waals surface area (Å²) in [5, 5.41) is 0. The van der Waals surface area contributed by atoms with E-state index in [4.69, 9.17) is 14.2 Å². The number of rotatable bonds is 4. The van der Waals surface area contributed by atoms with Gasteiger partial charge in [0.05, 0.1) is 27.4 Å². The molecule has 3 heterocycles. The molecular formula is C15H23N5O4. The first-order valence-corrected chi connectivity index (χ1v) is 8.20. The van der Waals surface area contributed by atoms with Crippen LogP contribution in [0.3, 0.4) is 0 Å². The maximum Gasteiger partial charge on any atom is 0.324 e. The van der Waals surface area contributed by atoms with Crippen LogP contribution in [0.25, 0.3) is 0 Å². The molecule has 9 nitrogen and oxygen atoms in total. The normalized spacial score (nSPS) is 21.5. The van der Waals surface area contributed by atoms with Gasteiger partial charge in [-0.15, -0.1) is 4.98 Å². The van der Waals surface area contributed by atoms with Crippen LogP contribution in [0.5, 0.6) is 12.0 Å². The van der Waals surface area contributed by atoms with Gasteiger partial charge < -0.3 is 24.0 Å². The maximum absolute atomic E-state index is 12.6. The number of piperidine rings is 1. The molecular weight excluding hydrogens is 314 g/mol. The first-order chi connectivity index (χ1) is 11.7. The number of amides is 1. The summed E-state index contributed by atoms with van der Waals surface area (Å²) in [5.41, 5.74) is 0. The Morgan fingerprint density at radius 2 is 1.71 bits per heavy atom. The third-order valence-corrected chi connectivity index (χ3v) is 4.24. The molecule has 1 aromatic rings. The van der Waals surface area contributed by atoms with Crippen molar-refractivity contribution in [1.82, 2.24) is 19.9 Å². The minimum atomic E-state index is -0.495. The van der Waals surface area contributed by atoms with E-state index in [1.54, 1.807) is 0 Å². The summed E-state index contributed by atoms with van der Waals surface area (Å²) >= 11 is 0. The Kier molecular flexibility index (Phi) is 5.29. The second-order valence-electron chi connectivity index (χ2n) is 5.80. The average Bonchev–Trinajstić information content (AvgIpc) is 2.67. The van der Waals surface area contributed by atoms with Crippen molar-refractivity contribution < 1.29 is 19.0 Å². The maximum atomic E-state index is 12.6. The Hall–Kier alpha value is -2.16. The predicted octanol–water partition coefficient (Wildman–Crippen LogP) is 0.107. The fraction of sp³-hybridized carbons (Fsp3) is 0.733. The molecule has 1 atom stereocenters. The molecule has 0 saturated carbocycles. The van der Waals surface area contributed by atoms with E-state index in [0.717, 1.165) is 25.9 Å². The number of morpholine rings is 1. The molecule has 1 amide bonds. The van der Waals surface area contributed by atoms with Gasteiger partial charge in [-0.2, -0.15) is 9.97 Å². The molecule has 9 heteroatoms. The Morgan fingerprint density at radius 1 is 1.04 bits per heavy atom. The minimum Gasteiger partial charge on any atom is -0.467 e. The summed E-state index contributed by atoms with van der Waals surface area (Å²) in [4.78, 5) is 28.9. The standard InChI is InChI=1S/C15H23N5O4/c1-22-14-16-13(17-15(18-14)23-2)20-8-9-24-11(10-20)12(21)19-6-4-3-5-7-19/h11H,3-10H2,1-2H3. The second kappa shape index (κ2) is 7.61. The van der Waals surface area contributed by atoms with Gasteiger partial charge in [0.1, 0.15) is 0 Å². The fourth-order valence-electron chi connectivity index (χ4n) is 2.95. The number of likely N-dealkylation sites (tertiary alicyclic amines) is 1. The molecule has 2 aliphatic heterocycles. The van der Waals surface area contributed by atoms with Crippen molar-refractivity contribution in [2.24, 2.45) is 0 Å². The van der Waals surface area contributed by atoms with Crippen LogP contribution in [0.4, 0.5) is 5.95 Å². The van der Waals surface area contributed by atoms with Gasteiger partial charge in [-0.25, -0.2) is 0 Å². The molecule has 132 valence electrons. The molecule has 2 fully saturated rings. The molecule has 0 radical (unpaired) electrons. The van der Waals surface area contributed by atoms with Crippen molar-refractivity contribution in [3.05, 3.63) is 0 Å². The van der Waals surface area contributed by atoms with E-state index < -0.39 is 6.10 Å². The summed E-state index contributed by atoms with van der Waals surface area (Å²) in [6, 6.07) is 0.365. The molecule has 0 spiro atoms. The summed E-state index contributed by atoms with van der Waals surface area (Å²) in [6.07, 6.45) is 2.81. The van der Waals surface area contributed by atoms with Gasteiger partial charge in [0.2, 0.25) is 5.95 Å². The molecule has 24 heavy (non-hydrogen) atoms. The van der Waals surface area contributed by atoms with Crippen LogP contribution in [0.1, 0.15) is 19.3 Å². The van der Waals surface area contributed by atoms with Crippen LogP contribution < -0.4 is 14.4 Å². The van der Waals surface area contributed by atoms with Gasteiger partial charge in [-0.05, 0) is 19.3 Å². The average molecular weight is 337 g/mol. The highest BCUT2D eigenvalue weighted by Gasteiger charge is 2.32. The van der Waals surface area contributed by atoms with Crippen molar-refractivity contribution in [3.8, 4) is 12.0 Å². The van der Waals surface area contributed by atoms with Crippen molar-refractivity contribution in [3.63, 3.8) is 0 Å². The lowest BCUT2D eigenvalue weighted by Gasteiger charge is -2.36. The zero-order chi connectivity index (χ0) is 16.9. The number of hydrogen-bond donors (Lipinski definition) is 0. The first kappa shape index (κ1) is 16.7. The van der Waals surface area contributed by atoms with Gasteiger partial charge in [0.25, 0.3) is 5.91 Å². The van der Waals surface area contributed by atoms with Crippen molar-refractivity contribution in [1.29, 1.82) is 0 Å². The van der Waals surface area contributed by atoms with Gasteiger partial charge in [0, 0.05) is 19.6 Å². The highest BCUT2D eigenvalue weighted by molar-refractivity contribution is 5.82. The van der Waals surface area contributed by atoms with Crippen LogP contribution in [0.2, 0.25) is 0 Å². The Balaban J connectivity index is 1.72. The molecule has 1 aromatic heterocycles. The van der Waals surface area contributed by atoms with Crippen molar-refractivity contribution in [2.75, 3.05) is 51.9 Å². The number of aromatic nitrogens is 3. The number of anilines is 1. The van der Waals surface area contributed by atoms with Crippen molar-refractivity contribution >= 4 is 11.9 Å². The Labute approximate surface area is 140 Å². The molecule has 3 rings (SSSR count). The number of carbonyl (C=O) groups is 1. The van der Waals surface area contributed by atoms with Crippen LogP contribution in [-0.2, 0) is 9.53 Å². The zero-order valence-corrected chi connectivity index (χ0v) is 14.1. The number of ether oxygens (including phenoxy) is 3. The molecule has 2 saturated heterocycles. The van der Waals surface area contributed by atoms with E-state index in [2.05, 4.69) is 15.0 Å². The molecule has 1 unspecified atom stereocenters. The van der Waals surface area contributed by atoms with E-state index in [9.17, 15) is 4.79 Å². The van der Waals surface area contributed by atoms with E-state index in [0.29, 0.717) is 25.6 Å². The third kappa shape index (κ3) is 3.66. The monoisotopic (exact) mass is 337 g/mol. The van der Waals surface area contributed by atoms with E-state index in [1.807, 2.05) is 9.80 Å². The highest BCUT2D eigenvalue weighted by Crippen LogP contribution is 2.20. The molecule has 0 aromatic carbocycles. The zero-order valence-electron chi connectivity index (χ0n) is 14.1. The topological polar surface area (TPSA) is 89.9 Å². The third-order valence-electron chi connectivity index (χ3n) is 4.24. The number of carbonyl (C=O) groups excluding carboxylic acids is 1. The highest BCUT2D eigenvalue weighted by atomic mass is 16.5. The Morgan fingerprint density at radius 3 is 2.33 bits per heavy atom. The van der Waals surface area contributed by atoms with Gasteiger partial charge >= 0.3 is 12.0 Å². The molecule has 0 bridgehead atoms. The Bertz CT molecular complexity index is 557. The van der Waals surface area contributed by atoms with Crippen LogP contribution >= 0.6 is 0 Å². The van der Waals surface area contributed by atoms with Gasteiger partial charge in [-0.1, -0.05) is 0 Å². The summed E-state index contributed by atoms with van der Waals surface area (Å²) in [7, 11) is 2.97. The van der Waals surface area contributed by atoms with Crippen LogP contribution in [0, 0.1) is 0 Å². The number of nitrogens with zero attached hydrogens (tertiary/aromatic N) is 5. The summed E-state index contributed by atoms with van der Waals surface area (Å²) < 4.78 is 15.9. The number of methoxy groups -OCH3 is 2. The fourth-order valence-corrected chi connectivity index (χ4v) is 2.95. The second-order valence-corrected chi connectivity index (χ2v) is 5.80. The lowest BCUT2D eigenvalue weighted by Crippen LogP contribution is -2.52. The van der Waals surface area contributed by atoms with Crippen molar-refractivity contribution in [2.45, 2.75) is 25.4 Å². The molecule has 0 aliphatic carbocycles. The smallest absolute Gasteiger partial charge is 0.324 e.